The van der Waals surface area contributed by atoms with E-state index in [0.29, 0.717) is 23.5 Å². The first-order chi connectivity index (χ1) is 16.6. The summed E-state index contributed by atoms with van der Waals surface area (Å²) in [5, 5.41) is 10.8. The number of amides is 1. The number of fused-ring (bicyclic) bond motifs is 1. The Morgan fingerprint density at radius 2 is 1.97 bits per heavy atom. The number of pyridine rings is 1. The number of piperidine rings is 1. The van der Waals surface area contributed by atoms with Crippen LogP contribution >= 0.6 is 0 Å². The second kappa shape index (κ2) is 10.2. The molecule has 1 saturated heterocycles. The molecule has 0 radical (unpaired) electrons. The maximum absolute atomic E-state index is 12.3. The van der Waals surface area contributed by atoms with E-state index in [-0.39, 0.29) is 12.3 Å². The summed E-state index contributed by atoms with van der Waals surface area (Å²) >= 11 is 0. The monoisotopic (exact) mass is 475 g/mol. The zero-order valence-electron chi connectivity index (χ0n) is 21.4. The molecule has 1 amide bonds. The van der Waals surface area contributed by atoms with Crippen LogP contribution in [-0.4, -0.2) is 50.9 Å². The first-order valence-corrected chi connectivity index (χ1v) is 12.5. The smallest absolute Gasteiger partial charge is 0.225 e. The Balaban J connectivity index is 1.64. The van der Waals surface area contributed by atoms with E-state index in [1.54, 1.807) is 13.8 Å². The van der Waals surface area contributed by atoms with Crippen molar-refractivity contribution in [3.05, 3.63) is 47.2 Å². The number of carbonyl (C=O) groups excluding carboxylic acids is 1. The summed E-state index contributed by atoms with van der Waals surface area (Å²) in [6.45, 7) is 11.4. The quantitative estimate of drug-likeness (QED) is 0.338. The van der Waals surface area contributed by atoms with E-state index in [1.165, 1.54) is 16.5 Å². The number of aliphatic hydroxyl groups is 1. The van der Waals surface area contributed by atoms with Gasteiger partial charge in [-0.25, -0.2) is 9.98 Å². The van der Waals surface area contributed by atoms with Crippen LogP contribution < -0.4 is 5.73 Å². The molecule has 1 atom stereocenters. The molecule has 4 rings (SSSR count). The van der Waals surface area contributed by atoms with Gasteiger partial charge in [-0.05, 0) is 80.3 Å². The van der Waals surface area contributed by atoms with Crippen LogP contribution in [0.25, 0.3) is 22.2 Å². The highest BCUT2D eigenvalue weighted by molar-refractivity contribution is 5.92. The predicted octanol–water partition coefficient (Wildman–Crippen LogP) is 5.15. The van der Waals surface area contributed by atoms with Crippen molar-refractivity contribution < 1.29 is 9.90 Å². The average Bonchev–Trinajstić information content (AvgIpc) is 3.17. The number of carbonyl (C=O) groups is 1. The number of H-pyrrole nitrogens is 1. The van der Waals surface area contributed by atoms with Gasteiger partial charge in [0.1, 0.15) is 0 Å². The standard InChI is InChI=1S/C28H37N5O2/c1-16(2)27-22-14-21(20-8-10-33(11-9-20)26(35)13-18(4)34)6-7-24(22)32-28(27)23-15-30-25(12-17(23)3)31-19(5)29/h6-7,12,14-16,18,20,32,34H,8-11,13H2,1-5H3,(H2,29,30,31). The summed E-state index contributed by atoms with van der Waals surface area (Å²) in [7, 11) is 0. The van der Waals surface area contributed by atoms with Crippen molar-refractivity contribution in [3.8, 4) is 11.3 Å². The Kier molecular flexibility index (Phi) is 7.26. The Bertz CT molecular complexity index is 1250. The van der Waals surface area contributed by atoms with Crippen molar-refractivity contribution in [2.45, 2.75) is 71.8 Å². The number of hydrogen-bond acceptors (Lipinski definition) is 4. The van der Waals surface area contributed by atoms with E-state index in [0.717, 1.165) is 48.3 Å². The van der Waals surface area contributed by atoms with Gasteiger partial charge in [-0.2, -0.15) is 0 Å². The van der Waals surface area contributed by atoms with Gasteiger partial charge in [-0.15, -0.1) is 0 Å². The number of aromatic amines is 1. The Labute approximate surface area is 207 Å². The molecular formula is C28H37N5O2. The second-order valence-corrected chi connectivity index (χ2v) is 10.2. The maximum atomic E-state index is 12.3. The number of nitrogens with two attached hydrogens (primary N) is 1. The Hall–Kier alpha value is -3.19. The van der Waals surface area contributed by atoms with Gasteiger partial charge < -0.3 is 20.7 Å². The van der Waals surface area contributed by atoms with Crippen LogP contribution in [0.1, 0.15) is 75.5 Å². The van der Waals surface area contributed by atoms with Crippen LogP contribution in [0.5, 0.6) is 0 Å². The average molecular weight is 476 g/mol. The molecule has 7 nitrogen and oxygen atoms in total. The van der Waals surface area contributed by atoms with E-state index >= 15 is 0 Å². The van der Waals surface area contributed by atoms with Gasteiger partial charge in [0.05, 0.1) is 24.1 Å². The zero-order valence-corrected chi connectivity index (χ0v) is 21.4. The van der Waals surface area contributed by atoms with E-state index < -0.39 is 6.10 Å². The number of aromatic nitrogens is 2. The summed E-state index contributed by atoms with van der Waals surface area (Å²) < 4.78 is 0. The van der Waals surface area contributed by atoms with Crippen LogP contribution in [0.15, 0.2) is 35.5 Å². The lowest BCUT2D eigenvalue weighted by atomic mass is 9.87. The molecule has 0 bridgehead atoms. The number of aryl methyl sites for hydroxylation is 1. The molecule has 0 spiro atoms. The lowest BCUT2D eigenvalue weighted by molar-refractivity contribution is -0.134. The largest absolute Gasteiger partial charge is 0.393 e. The number of benzene rings is 1. The minimum Gasteiger partial charge on any atom is -0.393 e. The topological polar surface area (TPSA) is 108 Å². The number of nitrogens with one attached hydrogen (secondary N) is 1. The molecule has 3 heterocycles. The SMILES string of the molecule is CC(N)=Nc1cc(C)c(-c2[nH]c3ccc(C4CCN(C(=O)CC(C)O)CC4)cc3c2C(C)C)cn1. The molecule has 0 aliphatic carbocycles. The maximum Gasteiger partial charge on any atom is 0.225 e. The summed E-state index contributed by atoms with van der Waals surface area (Å²) in [6.07, 6.45) is 3.38. The van der Waals surface area contributed by atoms with Crippen molar-refractivity contribution in [2.24, 2.45) is 10.7 Å². The van der Waals surface area contributed by atoms with E-state index in [1.807, 2.05) is 17.2 Å². The van der Waals surface area contributed by atoms with E-state index in [4.69, 9.17) is 5.73 Å². The number of aliphatic hydroxyl groups excluding tert-OH is 1. The molecule has 35 heavy (non-hydrogen) atoms. The molecule has 1 aliphatic heterocycles. The van der Waals surface area contributed by atoms with Crippen molar-refractivity contribution >= 4 is 28.5 Å². The van der Waals surface area contributed by atoms with Crippen molar-refractivity contribution in [1.82, 2.24) is 14.9 Å². The number of hydrogen-bond donors (Lipinski definition) is 3. The van der Waals surface area contributed by atoms with Crippen LogP contribution in [0.4, 0.5) is 5.82 Å². The van der Waals surface area contributed by atoms with Gasteiger partial charge in [0.2, 0.25) is 5.91 Å². The summed E-state index contributed by atoms with van der Waals surface area (Å²) in [5.41, 5.74) is 12.8. The van der Waals surface area contributed by atoms with Crippen molar-refractivity contribution in [3.63, 3.8) is 0 Å². The fraction of sp³-hybridized carbons (Fsp3) is 0.464. The van der Waals surface area contributed by atoms with Gasteiger partial charge >= 0.3 is 0 Å². The molecule has 3 aromatic rings. The molecule has 1 aromatic carbocycles. The molecule has 4 N–H and O–H groups in total. The Morgan fingerprint density at radius 1 is 1.26 bits per heavy atom. The van der Waals surface area contributed by atoms with Crippen LogP contribution in [0.2, 0.25) is 0 Å². The van der Waals surface area contributed by atoms with E-state index in [2.05, 4.69) is 53.9 Å². The lowest BCUT2D eigenvalue weighted by Gasteiger charge is -2.32. The molecule has 2 aromatic heterocycles. The first-order valence-electron chi connectivity index (χ1n) is 12.5. The van der Waals surface area contributed by atoms with Gasteiger partial charge in [-0.3, -0.25) is 4.79 Å². The third-order valence-electron chi connectivity index (χ3n) is 6.89. The van der Waals surface area contributed by atoms with Gasteiger partial charge in [0.15, 0.2) is 5.82 Å². The molecule has 1 aliphatic rings. The van der Waals surface area contributed by atoms with Crippen LogP contribution in [-0.2, 0) is 4.79 Å². The normalized spacial score (nSPS) is 16.3. The first kappa shape index (κ1) is 24.9. The highest BCUT2D eigenvalue weighted by Crippen LogP contribution is 2.39. The van der Waals surface area contributed by atoms with Crippen LogP contribution in [0.3, 0.4) is 0 Å². The third-order valence-corrected chi connectivity index (χ3v) is 6.89. The third kappa shape index (κ3) is 5.40. The lowest BCUT2D eigenvalue weighted by Crippen LogP contribution is -2.39. The molecule has 1 fully saturated rings. The van der Waals surface area contributed by atoms with Crippen molar-refractivity contribution in [1.29, 1.82) is 0 Å². The number of aliphatic imine (C=N–C) groups is 1. The molecular weight excluding hydrogens is 438 g/mol. The number of likely N-dealkylation sites (tertiary alicyclic amines) is 1. The number of rotatable bonds is 6. The predicted molar refractivity (Wildman–Crippen MR) is 142 cm³/mol. The number of nitrogens with zero attached hydrogens (tertiary/aromatic N) is 3. The molecule has 1 unspecified atom stereocenters. The highest BCUT2D eigenvalue weighted by Gasteiger charge is 2.25. The summed E-state index contributed by atoms with van der Waals surface area (Å²) in [6, 6.07) is 8.71. The minimum absolute atomic E-state index is 0.0496. The highest BCUT2D eigenvalue weighted by atomic mass is 16.3. The zero-order chi connectivity index (χ0) is 25.3. The summed E-state index contributed by atoms with van der Waals surface area (Å²) in [4.78, 5) is 26.7. The van der Waals surface area contributed by atoms with Gasteiger partial charge in [0.25, 0.3) is 0 Å². The number of amidine groups is 1. The Morgan fingerprint density at radius 3 is 2.57 bits per heavy atom. The van der Waals surface area contributed by atoms with Gasteiger partial charge in [-0.1, -0.05) is 19.9 Å². The van der Waals surface area contributed by atoms with E-state index in [9.17, 15) is 9.90 Å². The van der Waals surface area contributed by atoms with Gasteiger partial charge in [0, 0.05) is 35.8 Å². The fourth-order valence-electron chi connectivity index (χ4n) is 5.19. The fourth-order valence-corrected chi connectivity index (χ4v) is 5.19. The molecule has 0 saturated carbocycles. The summed E-state index contributed by atoms with van der Waals surface area (Å²) in [5.74, 6) is 1.91. The van der Waals surface area contributed by atoms with Crippen LogP contribution in [0, 0.1) is 6.92 Å². The van der Waals surface area contributed by atoms with Crippen molar-refractivity contribution in [2.75, 3.05) is 13.1 Å². The minimum atomic E-state index is -0.590. The molecule has 186 valence electrons. The molecule has 7 heteroatoms. The second-order valence-electron chi connectivity index (χ2n) is 10.2.